The predicted molar refractivity (Wildman–Crippen MR) is 62.7 cm³/mol. The number of fused-ring (bicyclic) bond motifs is 2. The normalized spacial score (nSPS) is 13.6. The van der Waals surface area contributed by atoms with Crippen LogP contribution in [0.15, 0.2) is 48.5 Å². The summed E-state index contributed by atoms with van der Waals surface area (Å²) in [5, 5.41) is 0. The smallest absolute Gasteiger partial charge is 0.349 e. The Morgan fingerprint density at radius 1 is 0.611 bits per heavy atom. The minimum Gasteiger partial charge on any atom is -0.456 e. The third kappa shape index (κ3) is 1.64. The quantitative estimate of drug-likeness (QED) is 0.524. The van der Waals surface area contributed by atoms with E-state index in [1.807, 2.05) is 0 Å². The van der Waals surface area contributed by atoms with Crippen LogP contribution in [-0.2, 0) is 4.74 Å². The van der Waals surface area contributed by atoms with Gasteiger partial charge in [-0.1, -0.05) is 24.3 Å². The molecule has 2 aromatic rings. The van der Waals surface area contributed by atoms with E-state index in [1.54, 1.807) is 48.5 Å². The fourth-order valence-electron chi connectivity index (χ4n) is 1.76. The van der Waals surface area contributed by atoms with Crippen LogP contribution in [0.3, 0.4) is 0 Å². The van der Waals surface area contributed by atoms with Crippen molar-refractivity contribution in [3.8, 4) is 11.5 Å². The zero-order valence-corrected chi connectivity index (χ0v) is 9.25. The maximum absolute atomic E-state index is 11.8. The number of esters is 2. The molecule has 18 heavy (non-hydrogen) atoms. The van der Waals surface area contributed by atoms with E-state index in [0.29, 0.717) is 11.5 Å². The molecule has 0 N–H and O–H groups in total. The molecule has 1 aliphatic heterocycles. The molecule has 4 heteroatoms. The van der Waals surface area contributed by atoms with Crippen LogP contribution in [-0.4, -0.2) is 11.9 Å². The zero-order chi connectivity index (χ0) is 12.5. The van der Waals surface area contributed by atoms with Gasteiger partial charge in [-0.2, -0.15) is 0 Å². The summed E-state index contributed by atoms with van der Waals surface area (Å²) >= 11 is 0. The molecule has 0 unspecified atom stereocenters. The average Bonchev–Trinajstić information content (AvgIpc) is 2.38. The number of para-hydroxylation sites is 2. The first-order valence-electron chi connectivity index (χ1n) is 5.38. The highest BCUT2D eigenvalue weighted by atomic mass is 16.6. The summed E-state index contributed by atoms with van der Waals surface area (Å²) in [5.41, 5.74) is 0.473. The number of hydrogen-bond acceptors (Lipinski definition) is 4. The Hall–Kier alpha value is -2.62. The molecule has 1 heterocycles. The van der Waals surface area contributed by atoms with Crippen LogP contribution in [0, 0.1) is 0 Å². The maximum atomic E-state index is 11.8. The van der Waals surface area contributed by atoms with Gasteiger partial charge in [0.1, 0.15) is 22.6 Å². The van der Waals surface area contributed by atoms with Crippen molar-refractivity contribution in [3.63, 3.8) is 0 Å². The van der Waals surface area contributed by atoms with Crippen LogP contribution in [0.2, 0.25) is 0 Å². The van der Waals surface area contributed by atoms with E-state index in [9.17, 15) is 9.59 Å². The summed E-state index contributed by atoms with van der Waals surface area (Å²) in [6.07, 6.45) is 0. The van der Waals surface area contributed by atoms with Crippen molar-refractivity contribution in [3.05, 3.63) is 59.7 Å². The van der Waals surface area contributed by atoms with Gasteiger partial charge in [0.15, 0.2) is 0 Å². The molecule has 0 fully saturated rings. The van der Waals surface area contributed by atoms with Crippen molar-refractivity contribution in [1.29, 1.82) is 0 Å². The van der Waals surface area contributed by atoms with Crippen LogP contribution in [0.1, 0.15) is 20.7 Å². The SMILES string of the molecule is O=C1OC(=O)c2ccccc2Oc2ccccc21. The molecule has 1 aliphatic rings. The first-order valence-corrected chi connectivity index (χ1v) is 5.38. The van der Waals surface area contributed by atoms with Gasteiger partial charge in [0.05, 0.1) is 0 Å². The first kappa shape index (κ1) is 10.5. The second-order valence-corrected chi connectivity index (χ2v) is 3.77. The molecule has 0 atom stereocenters. The second kappa shape index (κ2) is 4.00. The van der Waals surface area contributed by atoms with Crippen LogP contribution in [0.5, 0.6) is 11.5 Å². The van der Waals surface area contributed by atoms with Crippen molar-refractivity contribution in [2.75, 3.05) is 0 Å². The van der Waals surface area contributed by atoms with Crippen molar-refractivity contribution >= 4 is 11.9 Å². The van der Waals surface area contributed by atoms with E-state index < -0.39 is 11.9 Å². The van der Waals surface area contributed by atoms with Gasteiger partial charge in [0, 0.05) is 0 Å². The third-order valence-corrected chi connectivity index (χ3v) is 2.62. The van der Waals surface area contributed by atoms with E-state index in [4.69, 9.17) is 9.47 Å². The minimum absolute atomic E-state index is 0.236. The van der Waals surface area contributed by atoms with Gasteiger partial charge >= 0.3 is 11.9 Å². The molecule has 0 saturated heterocycles. The number of rotatable bonds is 0. The lowest BCUT2D eigenvalue weighted by atomic mass is 10.1. The second-order valence-electron chi connectivity index (χ2n) is 3.77. The number of hydrogen-bond donors (Lipinski definition) is 0. The Balaban J connectivity index is 2.19. The number of carbonyl (C=O) groups is 2. The van der Waals surface area contributed by atoms with E-state index in [-0.39, 0.29) is 11.1 Å². The molecule has 0 amide bonds. The van der Waals surface area contributed by atoms with Gasteiger partial charge in [0.2, 0.25) is 0 Å². The maximum Gasteiger partial charge on any atom is 0.349 e. The number of cyclic esters (lactones) is 2. The van der Waals surface area contributed by atoms with Crippen molar-refractivity contribution in [2.24, 2.45) is 0 Å². The molecule has 0 bridgehead atoms. The van der Waals surface area contributed by atoms with Gasteiger partial charge in [0.25, 0.3) is 0 Å². The van der Waals surface area contributed by atoms with Crippen molar-refractivity contribution < 1.29 is 19.1 Å². The highest BCUT2D eigenvalue weighted by molar-refractivity contribution is 6.05. The molecule has 4 nitrogen and oxygen atoms in total. The van der Waals surface area contributed by atoms with Gasteiger partial charge in [-0.05, 0) is 24.3 Å². The fraction of sp³-hybridized carbons (Fsp3) is 0. The predicted octanol–water partition coefficient (Wildman–Crippen LogP) is 2.79. The zero-order valence-electron chi connectivity index (χ0n) is 9.25. The van der Waals surface area contributed by atoms with E-state index in [0.717, 1.165) is 0 Å². The van der Waals surface area contributed by atoms with Gasteiger partial charge in [-0.25, -0.2) is 9.59 Å². The summed E-state index contributed by atoms with van der Waals surface area (Å²) in [5.74, 6) is -0.653. The summed E-state index contributed by atoms with van der Waals surface area (Å²) in [7, 11) is 0. The number of benzene rings is 2. The van der Waals surface area contributed by atoms with Crippen LogP contribution < -0.4 is 4.74 Å². The lowest BCUT2D eigenvalue weighted by Crippen LogP contribution is -2.16. The molecule has 2 aromatic carbocycles. The Kier molecular flexibility index (Phi) is 2.34. The molecular weight excluding hydrogens is 232 g/mol. The van der Waals surface area contributed by atoms with E-state index in [2.05, 4.69) is 0 Å². The van der Waals surface area contributed by atoms with E-state index >= 15 is 0 Å². The minimum atomic E-state index is -0.704. The van der Waals surface area contributed by atoms with Gasteiger partial charge < -0.3 is 9.47 Å². The monoisotopic (exact) mass is 240 g/mol. The largest absolute Gasteiger partial charge is 0.456 e. The Bertz CT molecular complexity index is 590. The molecule has 0 aliphatic carbocycles. The van der Waals surface area contributed by atoms with Crippen molar-refractivity contribution in [1.82, 2.24) is 0 Å². The van der Waals surface area contributed by atoms with Gasteiger partial charge in [-0.3, -0.25) is 0 Å². The Morgan fingerprint density at radius 3 is 1.56 bits per heavy atom. The van der Waals surface area contributed by atoms with Crippen LogP contribution >= 0.6 is 0 Å². The summed E-state index contributed by atoms with van der Waals surface area (Å²) in [6, 6.07) is 13.3. The Morgan fingerprint density at radius 2 is 1.06 bits per heavy atom. The molecule has 0 aromatic heterocycles. The first-order chi connectivity index (χ1) is 8.75. The van der Waals surface area contributed by atoms with Gasteiger partial charge in [-0.15, -0.1) is 0 Å². The summed E-state index contributed by atoms with van der Waals surface area (Å²) < 4.78 is 10.4. The Labute approximate surface area is 103 Å². The van der Waals surface area contributed by atoms with E-state index in [1.165, 1.54) is 0 Å². The number of ether oxygens (including phenoxy) is 2. The average molecular weight is 240 g/mol. The number of carbonyl (C=O) groups excluding carboxylic acids is 2. The molecule has 0 saturated carbocycles. The lowest BCUT2D eigenvalue weighted by molar-refractivity contribution is 0.0389. The molecular formula is C14H8O4. The molecule has 88 valence electrons. The highest BCUT2D eigenvalue weighted by Crippen LogP contribution is 2.31. The van der Waals surface area contributed by atoms with Crippen LogP contribution in [0.25, 0.3) is 0 Å². The topological polar surface area (TPSA) is 52.6 Å². The standard InChI is InChI=1S/C14H8O4/c15-13-9-5-1-3-7-11(9)17-12-8-4-2-6-10(12)14(16)18-13/h1-8H. The molecule has 0 spiro atoms. The van der Waals surface area contributed by atoms with Crippen molar-refractivity contribution in [2.45, 2.75) is 0 Å². The fourth-order valence-corrected chi connectivity index (χ4v) is 1.76. The summed E-state index contributed by atoms with van der Waals surface area (Å²) in [4.78, 5) is 23.5. The molecule has 3 rings (SSSR count). The van der Waals surface area contributed by atoms with Crippen LogP contribution in [0.4, 0.5) is 0 Å². The lowest BCUT2D eigenvalue weighted by Gasteiger charge is -2.15. The highest BCUT2D eigenvalue weighted by Gasteiger charge is 2.25. The summed E-state index contributed by atoms with van der Waals surface area (Å²) in [6.45, 7) is 0. The molecule has 0 radical (unpaired) electrons. The third-order valence-electron chi connectivity index (χ3n) is 2.62.